The molecule has 0 radical (unpaired) electrons. The van der Waals surface area contributed by atoms with E-state index in [1.54, 1.807) is 32.4 Å². The van der Waals surface area contributed by atoms with Gasteiger partial charge in [0.15, 0.2) is 6.61 Å². The Labute approximate surface area is 146 Å². The predicted octanol–water partition coefficient (Wildman–Crippen LogP) is 2.62. The lowest BCUT2D eigenvalue weighted by Gasteiger charge is -2.26. The zero-order valence-corrected chi connectivity index (χ0v) is 14.2. The lowest BCUT2D eigenvalue weighted by molar-refractivity contribution is -0.121. The number of anilines is 2. The summed E-state index contributed by atoms with van der Waals surface area (Å²) in [6.07, 6.45) is 1.01. The molecule has 3 rings (SSSR count). The average Bonchev–Trinajstić information content (AvgIpc) is 2.64. The first-order valence-electron chi connectivity index (χ1n) is 8.03. The van der Waals surface area contributed by atoms with Crippen LogP contribution in [-0.2, 0) is 16.0 Å². The van der Waals surface area contributed by atoms with Crippen LogP contribution in [0.4, 0.5) is 11.4 Å². The molecule has 2 aromatic carbocycles. The number of carbonyl (C=O) groups excluding carboxylic acids is 2. The number of hydrogen-bond acceptors (Lipinski definition) is 4. The van der Waals surface area contributed by atoms with Crippen LogP contribution in [0, 0.1) is 0 Å². The molecule has 1 N–H and O–H groups in total. The molecule has 0 saturated carbocycles. The highest BCUT2D eigenvalue weighted by atomic mass is 16.5. The topological polar surface area (TPSA) is 67.9 Å². The highest BCUT2D eigenvalue weighted by Gasteiger charge is 2.22. The van der Waals surface area contributed by atoms with Crippen molar-refractivity contribution in [2.24, 2.45) is 0 Å². The van der Waals surface area contributed by atoms with E-state index in [1.807, 2.05) is 24.3 Å². The van der Waals surface area contributed by atoms with Crippen molar-refractivity contribution in [1.82, 2.24) is 0 Å². The van der Waals surface area contributed by atoms with Crippen LogP contribution in [0.1, 0.15) is 12.0 Å². The molecule has 0 aromatic heterocycles. The molecule has 130 valence electrons. The molecule has 25 heavy (non-hydrogen) atoms. The molecular formula is C19H20N2O4. The fourth-order valence-electron chi connectivity index (χ4n) is 2.62. The van der Waals surface area contributed by atoms with Gasteiger partial charge in [-0.05, 0) is 42.3 Å². The van der Waals surface area contributed by atoms with E-state index in [9.17, 15) is 9.59 Å². The summed E-state index contributed by atoms with van der Waals surface area (Å²) in [7, 11) is 3.32. The van der Waals surface area contributed by atoms with E-state index >= 15 is 0 Å². The molecule has 0 aliphatic carbocycles. The Morgan fingerprint density at radius 3 is 2.72 bits per heavy atom. The third-order valence-corrected chi connectivity index (χ3v) is 4.13. The Morgan fingerprint density at radius 1 is 1.24 bits per heavy atom. The van der Waals surface area contributed by atoms with E-state index in [0.29, 0.717) is 30.0 Å². The van der Waals surface area contributed by atoms with Crippen LogP contribution in [0.2, 0.25) is 0 Å². The molecule has 2 aromatic rings. The van der Waals surface area contributed by atoms with Crippen molar-refractivity contribution in [3.63, 3.8) is 0 Å². The number of nitrogens with zero attached hydrogens (tertiary/aromatic N) is 1. The summed E-state index contributed by atoms with van der Waals surface area (Å²) < 4.78 is 10.5. The van der Waals surface area contributed by atoms with Crippen LogP contribution in [0.3, 0.4) is 0 Å². The van der Waals surface area contributed by atoms with E-state index in [4.69, 9.17) is 9.47 Å². The van der Waals surface area contributed by atoms with Gasteiger partial charge in [-0.15, -0.1) is 0 Å². The number of aryl methyl sites for hydroxylation is 1. The first kappa shape index (κ1) is 16.8. The second-order valence-corrected chi connectivity index (χ2v) is 5.82. The number of likely N-dealkylation sites (N-methyl/N-ethyl adjacent to an activating group) is 1. The summed E-state index contributed by atoms with van der Waals surface area (Å²) in [6.45, 7) is 0.0388. The van der Waals surface area contributed by atoms with Gasteiger partial charge in [-0.1, -0.05) is 12.1 Å². The maximum atomic E-state index is 12.2. The average molecular weight is 340 g/mol. The summed E-state index contributed by atoms with van der Waals surface area (Å²) in [5.74, 6) is 1.23. The zero-order valence-electron chi connectivity index (χ0n) is 14.2. The highest BCUT2D eigenvalue weighted by molar-refractivity contribution is 5.99. The second kappa shape index (κ2) is 7.25. The van der Waals surface area contributed by atoms with E-state index in [2.05, 4.69) is 5.32 Å². The summed E-state index contributed by atoms with van der Waals surface area (Å²) in [5, 5.41) is 2.86. The second-order valence-electron chi connectivity index (χ2n) is 5.82. The first-order chi connectivity index (χ1) is 12.1. The molecule has 0 bridgehead atoms. The lowest BCUT2D eigenvalue weighted by atomic mass is 10.1. The molecule has 1 heterocycles. The van der Waals surface area contributed by atoms with Crippen molar-refractivity contribution in [2.75, 3.05) is 31.0 Å². The van der Waals surface area contributed by atoms with Crippen LogP contribution in [-0.4, -0.2) is 32.6 Å². The van der Waals surface area contributed by atoms with Crippen LogP contribution < -0.4 is 19.7 Å². The Morgan fingerprint density at radius 2 is 2.00 bits per heavy atom. The van der Waals surface area contributed by atoms with Crippen molar-refractivity contribution in [3.8, 4) is 11.5 Å². The minimum atomic E-state index is -0.115. The van der Waals surface area contributed by atoms with Crippen molar-refractivity contribution in [3.05, 3.63) is 48.0 Å². The Hall–Kier alpha value is -3.02. The standard InChI is InChI=1S/C19H20N2O4/c1-21-16-11-14(6-9-17(16)25-12-19(21)23)20-18(22)10-5-13-3-7-15(24-2)8-4-13/h3-4,6-9,11H,5,10,12H2,1-2H3,(H,20,22). The first-order valence-corrected chi connectivity index (χ1v) is 8.03. The van der Waals surface area contributed by atoms with Gasteiger partial charge in [0, 0.05) is 19.2 Å². The number of rotatable bonds is 5. The number of carbonyl (C=O) groups is 2. The van der Waals surface area contributed by atoms with Gasteiger partial charge < -0.3 is 19.7 Å². The van der Waals surface area contributed by atoms with Gasteiger partial charge in [-0.3, -0.25) is 9.59 Å². The van der Waals surface area contributed by atoms with Gasteiger partial charge >= 0.3 is 0 Å². The van der Waals surface area contributed by atoms with Crippen LogP contribution in [0.15, 0.2) is 42.5 Å². The molecule has 1 aliphatic heterocycles. The van der Waals surface area contributed by atoms with Crippen LogP contribution in [0.25, 0.3) is 0 Å². The quantitative estimate of drug-likeness (QED) is 0.908. The molecule has 1 aliphatic rings. The van der Waals surface area contributed by atoms with Gasteiger partial charge in [0.05, 0.1) is 12.8 Å². The minimum Gasteiger partial charge on any atom is -0.497 e. The van der Waals surface area contributed by atoms with Crippen molar-refractivity contribution in [2.45, 2.75) is 12.8 Å². The molecule has 0 fully saturated rings. The fourth-order valence-corrected chi connectivity index (χ4v) is 2.62. The molecule has 0 spiro atoms. The summed E-state index contributed by atoms with van der Waals surface area (Å²) in [6, 6.07) is 12.9. The third-order valence-electron chi connectivity index (χ3n) is 4.13. The number of benzene rings is 2. The highest BCUT2D eigenvalue weighted by Crippen LogP contribution is 2.33. The summed E-state index contributed by atoms with van der Waals surface area (Å²) in [5.41, 5.74) is 2.37. The molecule has 0 unspecified atom stereocenters. The minimum absolute atomic E-state index is 0.0388. The number of amides is 2. The monoisotopic (exact) mass is 340 g/mol. The number of ether oxygens (including phenoxy) is 2. The summed E-state index contributed by atoms with van der Waals surface area (Å²) in [4.78, 5) is 25.4. The third kappa shape index (κ3) is 3.91. The van der Waals surface area contributed by atoms with E-state index in [0.717, 1.165) is 11.3 Å². The largest absolute Gasteiger partial charge is 0.497 e. The van der Waals surface area contributed by atoms with Gasteiger partial charge in [0.2, 0.25) is 5.91 Å². The molecule has 6 heteroatoms. The molecule has 0 saturated heterocycles. The van der Waals surface area contributed by atoms with Gasteiger partial charge in [0.1, 0.15) is 11.5 Å². The number of nitrogens with one attached hydrogen (secondary N) is 1. The Balaban J connectivity index is 1.60. The van der Waals surface area contributed by atoms with Crippen molar-refractivity contribution >= 4 is 23.2 Å². The van der Waals surface area contributed by atoms with E-state index in [-0.39, 0.29) is 18.4 Å². The Kier molecular flexibility index (Phi) is 4.88. The number of fused-ring (bicyclic) bond motifs is 1. The number of methoxy groups -OCH3 is 1. The van der Waals surface area contributed by atoms with Crippen molar-refractivity contribution < 1.29 is 19.1 Å². The normalized spacial score (nSPS) is 13.0. The van der Waals surface area contributed by atoms with Gasteiger partial charge in [-0.2, -0.15) is 0 Å². The van der Waals surface area contributed by atoms with Gasteiger partial charge in [0.25, 0.3) is 5.91 Å². The summed E-state index contributed by atoms with van der Waals surface area (Å²) >= 11 is 0. The SMILES string of the molecule is COc1ccc(CCC(=O)Nc2ccc3c(c2)N(C)C(=O)CO3)cc1. The van der Waals surface area contributed by atoms with Crippen LogP contribution in [0.5, 0.6) is 11.5 Å². The maximum absolute atomic E-state index is 12.2. The smallest absolute Gasteiger partial charge is 0.264 e. The van der Waals surface area contributed by atoms with Crippen molar-refractivity contribution in [1.29, 1.82) is 0 Å². The van der Waals surface area contributed by atoms with E-state index < -0.39 is 0 Å². The number of hydrogen-bond donors (Lipinski definition) is 1. The predicted molar refractivity (Wildman–Crippen MR) is 95.3 cm³/mol. The molecule has 0 atom stereocenters. The molecule has 6 nitrogen and oxygen atoms in total. The lowest BCUT2D eigenvalue weighted by Crippen LogP contribution is -2.35. The molecular weight excluding hydrogens is 320 g/mol. The van der Waals surface area contributed by atoms with Gasteiger partial charge in [-0.25, -0.2) is 0 Å². The fraction of sp³-hybridized carbons (Fsp3) is 0.263. The Bertz CT molecular complexity index is 787. The zero-order chi connectivity index (χ0) is 17.8. The van der Waals surface area contributed by atoms with E-state index in [1.165, 1.54) is 4.90 Å². The molecule has 2 amide bonds. The van der Waals surface area contributed by atoms with Crippen LogP contribution >= 0.6 is 0 Å². The maximum Gasteiger partial charge on any atom is 0.264 e.